The van der Waals surface area contributed by atoms with Gasteiger partial charge in [0.15, 0.2) is 0 Å². The molecule has 2 saturated heterocycles. The van der Waals surface area contributed by atoms with Crippen molar-refractivity contribution in [3.05, 3.63) is 71.4 Å². The molecule has 0 spiro atoms. The summed E-state index contributed by atoms with van der Waals surface area (Å²) in [5, 5.41) is 6.71. The molecule has 3 aromatic rings. The third kappa shape index (κ3) is 5.37. The van der Waals surface area contributed by atoms with Gasteiger partial charge in [0.05, 0.1) is 24.3 Å². The lowest BCUT2D eigenvalue weighted by Gasteiger charge is -2.43. The Balaban J connectivity index is 1.17. The van der Waals surface area contributed by atoms with E-state index in [0.717, 1.165) is 42.1 Å². The minimum absolute atomic E-state index is 0.0710. The van der Waals surface area contributed by atoms with Gasteiger partial charge in [0.1, 0.15) is 22.8 Å². The first-order chi connectivity index (χ1) is 17.0. The molecule has 3 unspecified atom stereocenters. The molecular formula is C26H29FN4O3S. The fraction of sp³-hybridized carbons (Fsp3) is 0.385. The van der Waals surface area contributed by atoms with Gasteiger partial charge in [-0.1, -0.05) is 24.3 Å². The lowest BCUT2D eigenvalue weighted by atomic mass is 9.89. The second-order valence-corrected chi connectivity index (χ2v) is 10.0. The average Bonchev–Trinajstić information content (AvgIpc) is 3.24. The molecule has 7 nitrogen and oxygen atoms in total. The summed E-state index contributed by atoms with van der Waals surface area (Å²) in [5.74, 6) is 2.34. The number of piperidine rings is 1. The number of amides is 1. The second kappa shape index (κ2) is 10.4. The molecule has 0 aliphatic carbocycles. The number of ether oxygens (including phenoxy) is 1. The Morgan fingerprint density at radius 1 is 1.23 bits per heavy atom. The lowest BCUT2D eigenvalue weighted by molar-refractivity contribution is -0.130. The van der Waals surface area contributed by atoms with Crippen LogP contribution in [0, 0.1) is 18.7 Å². The molecule has 1 aromatic heterocycles. The Morgan fingerprint density at radius 2 is 2.03 bits per heavy atom. The van der Waals surface area contributed by atoms with Crippen LogP contribution in [0.2, 0.25) is 0 Å². The summed E-state index contributed by atoms with van der Waals surface area (Å²) in [6, 6.07) is 14.3. The highest BCUT2D eigenvalue weighted by molar-refractivity contribution is 7.99. The van der Waals surface area contributed by atoms with E-state index in [1.165, 1.54) is 12.1 Å². The van der Waals surface area contributed by atoms with Crippen molar-refractivity contribution in [3.63, 3.8) is 0 Å². The number of hydrogen-bond acceptors (Lipinski definition) is 7. The van der Waals surface area contributed by atoms with E-state index in [-0.39, 0.29) is 29.2 Å². The molecule has 0 bridgehead atoms. The van der Waals surface area contributed by atoms with Gasteiger partial charge in [0, 0.05) is 31.4 Å². The summed E-state index contributed by atoms with van der Waals surface area (Å²) in [7, 11) is 1.63. The molecule has 35 heavy (non-hydrogen) atoms. The van der Waals surface area contributed by atoms with Crippen LogP contribution in [0.25, 0.3) is 11.5 Å². The zero-order valence-electron chi connectivity index (χ0n) is 19.8. The monoisotopic (exact) mass is 496 g/mol. The predicted octanol–water partition coefficient (Wildman–Crippen LogP) is 3.92. The Morgan fingerprint density at radius 3 is 2.83 bits per heavy atom. The molecule has 3 heterocycles. The molecule has 5 rings (SSSR count). The number of rotatable bonds is 7. The fourth-order valence-corrected chi connectivity index (χ4v) is 5.76. The molecule has 0 radical (unpaired) electrons. The smallest absolute Gasteiger partial charge is 0.230 e. The van der Waals surface area contributed by atoms with E-state index in [1.54, 1.807) is 31.0 Å². The van der Waals surface area contributed by atoms with E-state index in [9.17, 15) is 9.18 Å². The van der Waals surface area contributed by atoms with Crippen molar-refractivity contribution in [3.8, 4) is 17.2 Å². The molecule has 2 aliphatic rings. The van der Waals surface area contributed by atoms with Gasteiger partial charge >= 0.3 is 0 Å². The summed E-state index contributed by atoms with van der Waals surface area (Å²) >= 11 is 1.60. The number of hydrogen-bond donors (Lipinski definition) is 2. The van der Waals surface area contributed by atoms with E-state index in [0.29, 0.717) is 23.9 Å². The van der Waals surface area contributed by atoms with E-state index in [1.807, 2.05) is 31.2 Å². The molecule has 2 N–H and O–H groups in total. The largest absolute Gasteiger partial charge is 0.496 e. The number of carbonyl (C=O) groups is 1. The molecule has 9 heteroatoms. The Bertz CT molecular complexity index is 1190. The molecule has 2 fully saturated rings. The minimum Gasteiger partial charge on any atom is -0.496 e. The zero-order chi connectivity index (χ0) is 24.4. The third-order valence-electron chi connectivity index (χ3n) is 6.61. The summed E-state index contributed by atoms with van der Waals surface area (Å²) in [6.07, 6.45) is 0.886. The molecule has 2 aliphatic heterocycles. The van der Waals surface area contributed by atoms with Crippen LogP contribution in [0.15, 0.2) is 52.9 Å². The fourth-order valence-electron chi connectivity index (χ4n) is 4.70. The third-order valence-corrected chi connectivity index (χ3v) is 7.64. The van der Waals surface area contributed by atoms with Gasteiger partial charge in [0.2, 0.25) is 11.8 Å². The number of oxazole rings is 1. The van der Waals surface area contributed by atoms with Gasteiger partial charge < -0.3 is 14.5 Å². The topological polar surface area (TPSA) is 79.6 Å². The lowest BCUT2D eigenvalue weighted by Crippen LogP contribution is -2.64. The predicted molar refractivity (Wildman–Crippen MR) is 133 cm³/mol. The van der Waals surface area contributed by atoms with Crippen molar-refractivity contribution in [2.45, 2.75) is 37.2 Å². The van der Waals surface area contributed by atoms with Crippen molar-refractivity contribution >= 4 is 17.7 Å². The molecule has 0 saturated carbocycles. The number of halogens is 1. The number of methoxy groups -OCH3 is 1. The minimum atomic E-state index is -0.233. The molecular weight excluding hydrogens is 467 g/mol. The first-order valence-electron chi connectivity index (χ1n) is 11.7. The van der Waals surface area contributed by atoms with Gasteiger partial charge in [-0.2, -0.15) is 0 Å². The van der Waals surface area contributed by atoms with E-state index < -0.39 is 0 Å². The van der Waals surface area contributed by atoms with Crippen LogP contribution in [0.3, 0.4) is 0 Å². The number of fused-ring (bicyclic) bond motifs is 1. The summed E-state index contributed by atoms with van der Waals surface area (Å²) in [5.41, 5.74) is 2.54. The number of benzene rings is 2. The van der Waals surface area contributed by atoms with Crippen molar-refractivity contribution in [2.24, 2.45) is 5.92 Å². The number of carbonyl (C=O) groups excluding carboxylic acids is 1. The highest BCUT2D eigenvalue weighted by Crippen LogP contribution is 2.32. The van der Waals surface area contributed by atoms with Gasteiger partial charge in [-0.05, 0) is 43.2 Å². The maximum atomic E-state index is 13.2. The van der Waals surface area contributed by atoms with E-state index in [2.05, 4.69) is 15.5 Å². The number of nitrogens with one attached hydrogen (secondary N) is 2. The van der Waals surface area contributed by atoms with Crippen molar-refractivity contribution in [1.29, 1.82) is 0 Å². The van der Waals surface area contributed by atoms with E-state index in [4.69, 9.17) is 14.1 Å². The van der Waals surface area contributed by atoms with Gasteiger partial charge in [-0.15, -0.1) is 11.8 Å². The second-order valence-electron chi connectivity index (χ2n) is 8.95. The van der Waals surface area contributed by atoms with Crippen LogP contribution >= 0.6 is 11.8 Å². The number of thioether (sulfide) groups is 1. The molecule has 1 amide bonds. The zero-order valence-corrected chi connectivity index (χ0v) is 20.6. The van der Waals surface area contributed by atoms with Crippen LogP contribution in [0.1, 0.15) is 23.4 Å². The van der Waals surface area contributed by atoms with Crippen LogP contribution in [-0.4, -0.2) is 47.5 Å². The van der Waals surface area contributed by atoms with Crippen LogP contribution < -0.4 is 15.4 Å². The quantitative estimate of drug-likeness (QED) is 0.513. The summed E-state index contributed by atoms with van der Waals surface area (Å²) < 4.78 is 24.5. The Hall–Kier alpha value is -2.88. The molecule has 2 aromatic carbocycles. The van der Waals surface area contributed by atoms with Gasteiger partial charge in [-0.3, -0.25) is 15.0 Å². The van der Waals surface area contributed by atoms with Crippen molar-refractivity contribution in [1.82, 2.24) is 20.5 Å². The SMILES string of the molecule is COc1ccccc1-c1nc(CSC2NC(=O)C3CN(Cc4ccc(F)cc4)CCC3N2)c(C)o1. The van der Waals surface area contributed by atoms with E-state index >= 15 is 0 Å². The van der Waals surface area contributed by atoms with Crippen LogP contribution in [-0.2, 0) is 17.1 Å². The normalized spacial score (nSPS) is 22.5. The molecule has 184 valence electrons. The number of nitrogens with zero attached hydrogens (tertiary/aromatic N) is 2. The van der Waals surface area contributed by atoms with Crippen molar-refractivity contribution < 1.29 is 18.3 Å². The number of aryl methyl sites for hydroxylation is 1. The maximum absolute atomic E-state index is 13.2. The first kappa shape index (κ1) is 23.8. The van der Waals surface area contributed by atoms with Crippen molar-refractivity contribution in [2.75, 3.05) is 20.2 Å². The standard InChI is InChI=1S/C26H29FN4O3S/c1-16-22(28-25(34-16)19-5-3-4-6-23(19)33-2)15-35-26-29-21-11-12-31(14-20(21)24(32)30-26)13-17-7-9-18(27)10-8-17/h3-10,20-21,26,29H,11-15H2,1-2H3,(H,30,32). The number of likely N-dealkylation sites (tertiary alicyclic amines) is 1. The number of aromatic nitrogens is 1. The maximum Gasteiger partial charge on any atom is 0.230 e. The van der Waals surface area contributed by atoms with Crippen LogP contribution in [0.4, 0.5) is 4.39 Å². The highest BCUT2D eigenvalue weighted by Gasteiger charge is 2.40. The Kier molecular flexibility index (Phi) is 7.08. The van der Waals surface area contributed by atoms with Crippen LogP contribution in [0.5, 0.6) is 5.75 Å². The molecule has 3 atom stereocenters. The van der Waals surface area contributed by atoms with Gasteiger partial charge in [0.25, 0.3) is 0 Å². The Labute approximate surface area is 208 Å². The highest BCUT2D eigenvalue weighted by atomic mass is 32.2. The number of para-hydroxylation sites is 1. The first-order valence-corrected chi connectivity index (χ1v) is 12.8. The summed E-state index contributed by atoms with van der Waals surface area (Å²) in [4.78, 5) is 19.9. The van der Waals surface area contributed by atoms with Gasteiger partial charge in [-0.25, -0.2) is 9.37 Å². The summed E-state index contributed by atoms with van der Waals surface area (Å²) in [6.45, 7) is 4.19. The average molecular weight is 497 g/mol.